The second-order valence-corrected chi connectivity index (χ2v) is 4.39. The van der Waals surface area contributed by atoms with Crippen LogP contribution in [0.1, 0.15) is 17.4 Å². The van der Waals surface area contributed by atoms with Crippen molar-refractivity contribution in [1.82, 2.24) is 4.90 Å². The summed E-state index contributed by atoms with van der Waals surface area (Å²) in [6, 6.07) is 7.33. The Bertz CT molecular complexity index is 528. The normalized spacial score (nSPS) is 12.9. The molecule has 102 valence electrons. The maximum atomic E-state index is 13.8. The van der Waals surface area contributed by atoms with Gasteiger partial charge in [0.2, 0.25) is 0 Å². The van der Waals surface area contributed by atoms with Gasteiger partial charge in [-0.25, -0.2) is 8.78 Å². The third-order valence-electron chi connectivity index (χ3n) is 3.08. The van der Waals surface area contributed by atoms with Gasteiger partial charge in [0.1, 0.15) is 5.76 Å². The highest BCUT2D eigenvalue weighted by molar-refractivity contribution is 5.23. The van der Waals surface area contributed by atoms with E-state index in [1.165, 1.54) is 6.07 Å². The van der Waals surface area contributed by atoms with Crippen LogP contribution in [0.15, 0.2) is 41.0 Å². The summed E-state index contributed by atoms with van der Waals surface area (Å²) in [7, 11) is 1.80. The number of hydrogen-bond acceptors (Lipinski definition) is 3. The van der Waals surface area contributed by atoms with Gasteiger partial charge in [-0.05, 0) is 25.2 Å². The average Bonchev–Trinajstić information content (AvgIpc) is 2.88. The molecule has 3 nitrogen and oxygen atoms in total. The summed E-state index contributed by atoms with van der Waals surface area (Å²) < 4.78 is 32.3. The van der Waals surface area contributed by atoms with Crippen molar-refractivity contribution < 1.29 is 13.2 Å². The van der Waals surface area contributed by atoms with Gasteiger partial charge in [0.25, 0.3) is 0 Å². The first kappa shape index (κ1) is 13.7. The van der Waals surface area contributed by atoms with Crippen LogP contribution in [0, 0.1) is 11.6 Å². The standard InChI is InChI=1S/C14H16F2N2O/c1-18(9-10-4-3-7-19-10)13(8-17)11-5-2-6-12(15)14(11)16/h2-7,13H,8-9,17H2,1H3. The first-order valence-corrected chi connectivity index (χ1v) is 6.00. The molecule has 0 aliphatic carbocycles. The van der Waals surface area contributed by atoms with E-state index in [0.717, 1.165) is 11.8 Å². The van der Waals surface area contributed by atoms with Gasteiger partial charge in [0.05, 0.1) is 18.8 Å². The van der Waals surface area contributed by atoms with Crippen LogP contribution in [0.25, 0.3) is 0 Å². The molecule has 0 radical (unpaired) electrons. The molecule has 1 aromatic heterocycles. The Kier molecular flexibility index (Phi) is 4.29. The minimum Gasteiger partial charge on any atom is -0.468 e. The van der Waals surface area contributed by atoms with Crippen LogP contribution in [-0.2, 0) is 6.54 Å². The highest BCUT2D eigenvalue weighted by Crippen LogP contribution is 2.24. The number of nitrogens with two attached hydrogens (primary N) is 1. The van der Waals surface area contributed by atoms with Crippen molar-refractivity contribution in [2.24, 2.45) is 5.73 Å². The Morgan fingerprint density at radius 2 is 2.05 bits per heavy atom. The fourth-order valence-electron chi connectivity index (χ4n) is 2.08. The third kappa shape index (κ3) is 3.00. The van der Waals surface area contributed by atoms with Gasteiger partial charge >= 0.3 is 0 Å². The monoisotopic (exact) mass is 266 g/mol. The van der Waals surface area contributed by atoms with E-state index < -0.39 is 17.7 Å². The van der Waals surface area contributed by atoms with E-state index >= 15 is 0 Å². The number of benzene rings is 1. The van der Waals surface area contributed by atoms with Gasteiger partial charge in [0.15, 0.2) is 11.6 Å². The van der Waals surface area contributed by atoms with Crippen molar-refractivity contribution >= 4 is 0 Å². The lowest BCUT2D eigenvalue weighted by atomic mass is 10.0. The van der Waals surface area contributed by atoms with Crippen molar-refractivity contribution in [3.05, 3.63) is 59.6 Å². The summed E-state index contributed by atoms with van der Waals surface area (Å²) in [6.07, 6.45) is 1.57. The molecule has 0 saturated heterocycles. The largest absolute Gasteiger partial charge is 0.468 e. The van der Waals surface area contributed by atoms with Crippen molar-refractivity contribution in [2.75, 3.05) is 13.6 Å². The number of rotatable bonds is 5. The molecule has 2 rings (SSSR count). The Hall–Kier alpha value is -1.72. The number of likely N-dealkylation sites (N-methyl/N-ethyl adjacent to an activating group) is 1. The molecule has 1 heterocycles. The lowest BCUT2D eigenvalue weighted by molar-refractivity contribution is 0.217. The molecule has 2 N–H and O–H groups in total. The van der Waals surface area contributed by atoms with Crippen LogP contribution in [-0.4, -0.2) is 18.5 Å². The summed E-state index contributed by atoms with van der Waals surface area (Å²) in [5.74, 6) is -0.954. The van der Waals surface area contributed by atoms with Crippen LogP contribution in [0.3, 0.4) is 0 Å². The van der Waals surface area contributed by atoms with Crippen molar-refractivity contribution in [3.8, 4) is 0 Å². The van der Waals surface area contributed by atoms with Crippen molar-refractivity contribution in [2.45, 2.75) is 12.6 Å². The molecular formula is C14H16F2N2O. The molecule has 0 amide bonds. The molecule has 1 aromatic carbocycles. The number of hydrogen-bond donors (Lipinski definition) is 1. The van der Waals surface area contributed by atoms with Crippen molar-refractivity contribution in [1.29, 1.82) is 0 Å². The zero-order chi connectivity index (χ0) is 13.8. The van der Waals surface area contributed by atoms with Gasteiger partial charge in [-0.15, -0.1) is 0 Å². The van der Waals surface area contributed by atoms with E-state index in [9.17, 15) is 8.78 Å². The van der Waals surface area contributed by atoms with Gasteiger partial charge in [-0.2, -0.15) is 0 Å². The molecule has 0 aliphatic rings. The van der Waals surface area contributed by atoms with E-state index in [1.807, 2.05) is 11.0 Å². The topological polar surface area (TPSA) is 42.4 Å². The number of nitrogens with zero attached hydrogens (tertiary/aromatic N) is 1. The van der Waals surface area contributed by atoms with Gasteiger partial charge in [-0.1, -0.05) is 12.1 Å². The Morgan fingerprint density at radius 3 is 2.68 bits per heavy atom. The first-order chi connectivity index (χ1) is 9.13. The summed E-state index contributed by atoms with van der Waals surface area (Å²) in [5.41, 5.74) is 5.95. The maximum absolute atomic E-state index is 13.8. The molecule has 5 heteroatoms. The molecule has 1 atom stereocenters. The molecule has 0 bridgehead atoms. The van der Waals surface area contributed by atoms with Crippen LogP contribution in [0.2, 0.25) is 0 Å². The molecule has 0 fully saturated rings. The fourth-order valence-corrected chi connectivity index (χ4v) is 2.08. The average molecular weight is 266 g/mol. The third-order valence-corrected chi connectivity index (χ3v) is 3.08. The van der Waals surface area contributed by atoms with E-state index in [4.69, 9.17) is 10.2 Å². The summed E-state index contributed by atoms with van der Waals surface area (Å²) in [5, 5.41) is 0. The summed E-state index contributed by atoms with van der Waals surface area (Å²) >= 11 is 0. The van der Waals surface area contributed by atoms with E-state index in [1.54, 1.807) is 25.4 Å². The van der Waals surface area contributed by atoms with Crippen LogP contribution < -0.4 is 5.73 Å². The number of furan rings is 1. The number of halogens is 2. The summed E-state index contributed by atoms with van der Waals surface area (Å²) in [6.45, 7) is 0.669. The van der Waals surface area contributed by atoms with Gasteiger partial charge in [0, 0.05) is 12.1 Å². The lowest BCUT2D eigenvalue weighted by Gasteiger charge is -2.26. The van der Waals surface area contributed by atoms with E-state index in [2.05, 4.69) is 0 Å². The summed E-state index contributed by atoms with van der Waals surface area (Å²) in [4.78, 5) is 1.83. The zero-order valence-corrected chi connectivity index (χ0v) is 10.6. The van der Waals surface area contributed by atoms with E-state index in [-0.39, 0.29) is 12.1 Å². The minimum absolute atomic E-state index is 0.192. The molecular weight excluding hydrogens is 250 g/mol. The van der Waals surface area contributed by atoms with Gasteiger partial charge in [-0.3, -0.25) is 4.90 Å². The minimum atomic E-state index is -0.859. The quantitative estimate of drug-likeness (QED) is 0.904. The Morgan fingerprint density at radius 1 is 1.26 bits per heavy atom. The predicted octanol–water partition coefficient (Wildman–Crippen LogP) is 2.69. The highest BCUT2D eigenvalue weighted by atomic mass is 19.2. The van der Waals surface area contributed by atoms with Crippen LogP contribution >= 0.6 is 0 Å². The molecule has 0 aliphatic heterocycles. The molecule has 19 heavy (non-hydrogen) atoms. The van der Waals surface area contributed by atoms with Crippen LogP contribution in [0.5, 0.6) is 0 Å². The van der Waals surface area contributed by atoms with Crippen molar-refractivity contribution in [3.63, 3.8) is 0 Å². The maximum Gasteiger partial charge on any atom is 0.163 e. The predicted molar refractivity (Wildman–Crippen MR) is 68.3 cm³/mol. The molecule has 1 unspecified atom stereocenters. The van der Waals surface area contributed by atoms with Crippen LogP contribution in [0.4, 0.5) is 8.78 Å². The van der Waals surface area contributed by atoms with E-state index in [0.29, 0.717) is 6.54 Å². The SMILES string of the molecule is CN(Cc1ccco1)C(CN)c1cccc(F)c1F. The second kappa shape index (κ2) is 5.95. The smallest absolute Gasteiger partial charge is 0.163 e. The molecule has 0 spiro atoms. The molecule has 0 saturated carbocycles. The Labute approximate surface area is 110 Å². The first-order valence-electron chi connectivity index (χ1n) is 6.00. The molecule has 2 aromatic rings. The zero-order valence-electron chi connectivity index (χ0n) is 10.6. The van der Waals surface area contributed by atoms with Gasteiger partial charge < -0.3 is 10.2 Å². The second-order valence-electron chi connectivity index (χ2n) is 4.39. The highest BCUT2D eigenvalue weighted by Gasteiger charge is 2.21. The fraction of sp³-hybridized carbons (Fsp3) is 0.286. The Balaban J connectivity index is 2.21. The lowest BCUT2D eigenvalue weighted by Crippen LogP contribution is -2.31.